The van der Waals surface area contributed by atoms with Gasteiger partial charge in [-0.15, -0.1) is 13.2 Å². The number of esters is 2. The molecule has 0 aliphatic carbocycles. The Morgan fingerprint density at radius 2 is 1.11 bits per heavy atom. The van der Waals surface area contributed by atoms with E-state index >= 15 is 0 Å². The Bertz CT molecular complexity index is 961. The molecular weight excluding hydrogens is 464 g/mol. The van der Waals surface area contributed by atoms with Crippen molar-refractivity contribution in [2.45, 2.75) is 37.3 Å². The molecule has 190 valence electrons. The average Bonchev–Trinajstić information content (AvgIpc) is 3.48. The van der Waals surface area contributed by atoms with Crippen molar-refractivity contribution in [3.8, 4) is 11.5 Å². The van der Waals surface area contributed by atoms with Gasteiger partial charge in [0.1, 0.15) is 23.7 Å². The summed E-state index contributed by atoms with van der Waals surface area (Å²) in [5, 5.41) is 0. The fourth-order valence-corrected chi connectivity index (χ4v) is 3.94. The second-order valence-electron chi connectivity index (χ2n) is 8.38. The Labute approximate surface area is 210 Å². The standard InChI is InChI=1S/C28H30O8/c1-3-5-15-31-21-11-7-19(8-12-21)27(29)35-23-17-33-26-24(18-34-25(23)26)36-28(30)20-9-13-22(14-10-20)32-16-6-4-2/h3-4,7-14,23-26H,1-2,5-6,15-18H2/t23-,24+,25-,26-/m1/s1. The number of fused-ring (bicyclic) bond motifs is 1. The minimum absolute atomic E-state index is 0.161. The molecule has 0 N–H and O–H groups in total. The van der Waals surface area contributed by atoms with E-state index in [1.54, 1.807) is 60.7 Å². The Balaban J connectivity index is 1.27. The molecule has 8 heteroatoms. The first-order chi connectivity index (χ1) is 17.6. The highest BCUT2D eigenvalue weighted by Crippen LogP contribution is 2.31. The predicted octanol–water partition coefficient (Wildman–Crippen LogP) is 4.15. The molecule has 2 aromatic rings. The van der Waals surface area contributed by atoms with Crippen LogP contribution in [0.5, 0.6) is 11.5 Å². The van der Waals surface area contributed by atoms with E-state index in [1.165, 1.54) is 0 Å². The second-order valence-corrected chi connectivity index (χ2v) is 8.38. The molecule has 2 heterocycles. The first-order valence-electron chi connectivity index (χ1n) is 11.9. The number of hydrogen-bond donors (Lipinski definition) is 0. The van der Waals surface area contributed by atoms with Gasteiger partial charge in [0.2, 0.25) is 0 Å². The van der Waals surface area contributed by atoms with Crippen molar-refractivity contribution >= 4 is 11.9 Å². The molecule has 4 rings (SSSR count). The van der Waals surface area contributed by atoms with Crippen LogP contribution >= 0.6 is 0 Å². The molecule has 2 aliphatic heterocycles. The van der Waals surface area contributed by atoms with E-state index in [0.717, 1.165) is 12.8 Å². The maximum Gasteiger partial charge on any atom is 0.338 e. The van der Waals surface area contributed by atoms with Crippen LogP contribution in [0.15, 0.2) is 73.8 Å². The predicted molar refractivity (Wildman–Crippen MR) is 131 cm³/mol. The van der Waals surface area contributed by atoms with E-state index in [4.69, 9.17) is 28.4 Å². The molecule has 8 nitrogen and oxygen atoms in total. The highest BCUT2D eigenvalue weighted by atomic mass is 16.7. The van der Waals surface area contributed by atoms with Crippen molar-refractivity contribution in [3.05, 3.63) is 85.0 Å². The van der Waals surface area contributed by atoms with Gasteiger partial charge >= 0.3 is 11.9 Å². The van der Waals surface area contributed by atoms with Crippen LogP contribution in [-0.2, 0) is 18.9 Å². The van der Waals surface area contributed by atoms with Gasteiger partial charge in [0, 0.05) is 0 Å². The zero-order valence-corrected chi connectivity index (χ0v) is 20.0. The van der Waals surface area contributed by atoms with Crippen molar-refractivity contribution in [3.63, 3.8) is 0 Å². The Kier molecular flexibility index (Phi) is 8.76. The average molecular weight is 495 g/mol. The minimum atomic E-state index is -0.596. The lowest BCUT2D eigenvalue weighted by Gasteiger charge is -2.17. The zero-order chi connectivity index (χ0) is 25.3. The number of rotatable bonds is 12. The highest BCUT2D eigenvalue weighted by Gasteiger charge is 2.51. The Hall–Kier alpha value is -3.62. The van der Waals surface area contributed by atoms with Crippen LogP contribution in [0.25, 0.3) is 0 Å². The summed E-state index contributed by atoms with van der Waals surface area (Å²) in [6.07, 6.45) is 2.83. The Morgan fingerprint density at radius 3 is 1.47 bits per heavy atom. The van der Waals surface area contributed by atoms with E-state index in [-0.39, 0.29) is 13.2 Å². The number of carbonyl (C=O) groups is 2. The molecule has 0 radical (unpaired) electrons. The summed E-state index contributed by atoms with van der Waals surface area (Å²) >= 11 is 0. The third-order valence-electron chi connectivity index (χ3n) is 5.84. The van der Waals surface area contributed by atoms with Crippen molar-refractivity contribution in [2.75, 3.05) is 26.4 Å². The quantitative estimate of drug-likeness (QED) is 0.247. The summed E-state index contributed by atoms with van der Waals surface area (Å²) in [5.41, 5.74) is 0.792. The van der Waals surface area contributed by atoms with E-state index in [0.29, 0.717) is 35.8 Å². The summed E-state index contributed by atoms with van der Waals surface area (Å²) in [4.78, 5) is 25.3. The van der Waals surface area contributed by atoms with E-state index in [1.807, 2.05) is 0 Å². The molecule has 2 fully saturated rings. The summed E-state index contributed by atoms with van der Waals surface area (Å²) < 4.78 is 34.0. The number of benzene rings is 2. The van der Waals surface area contributed by atoms with Gasteiger partial charge in [-0.1, -0.05) is 12.2 Å². The van der Waals surface area contributed by atoms with Crippen LogP contribution in [0.4, 0.5) is 0 Å². The maximum absolute atomic E-state index is 12.6. The molecular formula is C28H30O8. The summed E-state index contributed by atoms with van der Waals surface area (Å²) in [6.45, 7) is 8.68. The summed E-state index contributed by atoms with van der Waals surface area (Å²) in [6, 6.07) is 13.5. The van der Waals surface area contributed by atoms with E-state index in [9.17, 15) is 9.59 Å². The molecule has 0 aromatic heterocycles. The van der Waals surface area contributed by atoms with E-state index in [2.05, 4.69) is 13.2 Å². The smallest absolute Gasteiger partial charge is 0.338 e. The monoisotopic (exact) mass is 494 g/mol. The lowest BCUT2D eigenvalue weighted by molar-refractivity contribution is -0.0287. The number of carbonyl (C=O) groups excluding carboxylic acids is 2. The van der Waals surface area contributed by atoms with Gasteiger partial charge in [0.25, 0.3) is 0 Å². The SMILES string of the molecule is C=CCCOc1ccc(C(=O)O[C@H]2CO[C@H]3[C@@H]2OC[C@H]3OC(=O)c2ccc(OCCC=C)cc2)cc1. The van der Waals surface area contributed by atoms with Crippen LogP contribution in [-0.4, -0.2) is 62.8 Å². The topological polar surface area (TPSA) is 89.5 Å². The summed E-state index contributed by atoms with van der Waals surface area (Å²) in [5.74, 6) is 0.357. The highest BCUT2D eigenvalue weighted by molar-refractivity contribution is 5.90. The van der Waals surface area contributed by atoms with Crippen LogP contribution in [0, 0.1) is 0 Å². The molecule has 0 bridgehead atoms. The molecule has 0 amide bonds. The fourth-order valence-electron chi connectivity index (χ4n) is 3.94. The molecule has 36 heavy (non-hydrogen) atoms. The van der Waals surface area contributed by atoms with Crippen LogP contribution in [0.1, 0.15) is 33.6 Å². The molecule has 2 aromatic carbocycles. The van der Waals surface area contributed by atoms with Gasteiger partial charge < -0.3 is 28.4 Å². The maximum atomic E-state index is 12.6. The van der Waals surface area contributed by atoms with Crippen LogP contribution in [0.2, 0.25) is 0 Å². The molecule has 0 unspecified atom stereocenters. The van der Waals surface area contributed by atoms with Gasteiger partial charge in [-0.25, -0.2) is 9.59 Å². The van der Waals surface area contributed by atoms with Crippen LogP contribution < -0.4 is 9.47 Å². The number of ether oxygens (including phenoxy) is 6. The van der Waals surface area contributed by atoms with Gasteiger partial charge in [-0.3, -0.25) is 0 Å². The lowest BCUT2D eigenvalue weighted by atomic mass is 10.1. The van der Waals surface area contributed by atoms with Gasteiger partial charge in [-0.2, -0.15) is 0 Å². The first kappa shape index (κ1) is 25.5. The third kappa shape index (κ3) is 6.33. The lowest BCUT2D eigenvalue weighted by Crippen LogP contribution is -2.36. The normalized spacial score (nSPS) is 22.3. The van der Waals surface area contributed by atoms with Gasteiger partial charge in [0.05, 0.1) is 37.6 Å². The van der Waals surface area contributed by atoms with E-state index < -0.39 is 36.4 Å². The Morgan fingerprint density at radius 1 is 0.722 bits per heavy atom. The fraction of sp³-hybridized carbons (Fsp3) is 0.357. The largest absolute Gasteiger partial charge is 0.493 e. The second kappa shape index (κ2) is 12.4. The number of hydrogen-bond acceptors (Lipinski definition) is 8. The molecule has 4 atom stereocenters. The van der Waals surface area contributed by atoms with Crippen molar-refractivity contribution in [1.82, 2.24) is 0 Å². The van der Waals surface area contributed by atoms with Crippen LogP contribution in [0.3, 0.4) is 0 Å². The first-order valence-corrected chi connectivity index (χ1v) is 11.9. The summed E-state index contributed by atoms with van der Waals surface area (Å²) in [7, 11) is 0. The van der Waals surface area contributed by atoms with Crippen molar-refractivity contribution < 1.29 is 38.0 Å². The third-order valence-corrected chi connectivity index (χ3v) is 5.84. The molecule has 2 aliphatic rings. The zero-order valence-electron chi connectivity index (χ0n) is 20.0. The van der Waals surface area contributed by atoms with Gasteiger partial charge in [0.15, 0.2) is 12.2 Å². The van der Waals surface area contributed by atoms with Crippen molar-refractivity contribution in [2.24, 2.45) is 0 Å². The molecule has 0 spiro atoms. The van der Waals surface area contributed by atoms with Gasteiger partial charge in [-0.05, 0) is 61.4 Å². The molecule has 2 saturated heterocycles. The molecule has 0 saturated carbocycles. The van der Waals surface area contributed by atoms with Crippen molar-refractivity contribution in [1.29, 1.82) is 0 Å². The minimum Gasteiger partial charge on any atom is -0.493 e.